The lowest BCUT2D eigenvalue weighted by Gasteiger charge is -2.13. The van der Waals surface area contributed by atoms with E-state index in [9.17, 15) is 4.39 Å². The SMILES string of the molecule is CCC(N)Cc1cc(F)c(OCC2CC2)c(Cl)c1. The number of rotatable bonds is 6. The first-order valence-electron chi connectivity index (χ1n) is 6.46. The fourth-order valence-corrected chi connectivity index (χ4v) is 2.09. The zero-order valence-corrected chi connectivity index (χ0v) is 11.3. The van der Waals surface area contributed by atoms with Crippen molar-refractivity contribution in [3.05, 3.63) is 28.5 Å². The lowest BCUT2D eigenvalue weighted by atomic mass is 10.0. The van der Waals surface area contributed by atoms with Crippen molar-refractivity contribution in [2.45, 2.75) is 38.6 Å². The highest BCUT2D eigenvalue weighted by molar-refractivity contribution is 6.32. The quantitative estimate of drug-likeness (QED) is 0.859. The maximum Gasteiger partial charge on any atom is 0.173 e. The van der Waals surface area contributed by atoms with E-state index < -0.39 is 0 Å². The molecule has 1 aromatic carbocycles. The molecule has 1 atom stereocenters. The van der Waals surface area contributed by atoms with E-state index in [2.05, 4.69) is 0 Å². The van der Waals surface area contributed by atoms with E-state index in [1.54, 1.807) is 6.07 Å². The number of benzene rings is 1. The molecule has 4 heteroatoms. The summed E-state index contributed by atoms with van der Waals surface area (Å²) in [4.78, 5) is 0. The summed E-state index contributed by atoms with van der Waals surface area (Å²) in [5, 5.41) is 0.342. The van der Waals surface area contributed by atoms with E-state index in [0.717, 1.165) is 12.0 Å². The van der Waals surface area contributed by atoms with Gasteiger partial charge in [0.1, 0.15) is 0 Å². The molecule has 18 heavy (non-hydrogen) atoms. The average Bonchev–Trinajstić information content (AvgIpc) is 3.11. The molecule has 100 valence electrons. The molecule has 1 unspecified atom stereocenters. The molecular formula is C14H19ClFNO. The minimum atomic E-state index is -0.388. The van der Waals surface area contributed by atoms with Crippen molar-refractivity contribution in [2.24, 2.45) is 11.7 Å². The van der Waals surface area contributed by atoms with Crippen molar-refractivity contribution in [3.8, 4) is 5.75 Å². The predicted molar refractivity (Wildman–Crippen MR) is 71.6 cm³/mol. The minimum Gasteiger partial charge on any atom is -0.489 e. The molecule has 0 radical (unpaired) electrons. The molecule has 0 bridgehead atoms. The Morgan fingerprint density at radius 2 is 2.22 bits per heavy atom. The third kappa shape index (κ3) is 3.59. The van der Waals surface area contributed by atoms with Gasteiger partial charge in [-0.15, -0.1) is 0 Å². The van der Waals surface area contributed by atoms with E-state index >= 15 is 0 Å². The molecule has 1 saturated carbocycles. The average molecular weight is 272 g/mol. The highest BCUT2D eigenvalue weighted by Crippen LogP contribution is 2.34. The van der Waals surface area contributed by atoms with Gasteiger partial charge in [0, 0.05) is 6.04 Å². The van der Waals surface area contributed by atoms with Crippen molar-refractivity contribution >= 4 is 11.6 Å². The van der Waals surface area contributed by atoms with Gasteiger partial charge in [-0.05, 0) is 49.3 Å². The van der Waals surface area contributed by atoms with Crippen LogP contribution in [0.1, 0.15) is 31.7 Å². The summed E-state index contributed by atoms with van der Waals surface area (Å²) >= 11 is 6.06. The topological polar surface area (TPSA) is 35.2 Å². The van der Waals surface area contributed by atoms with Crippen LogP contribution in [0.4, 0.5) is 4.39 Å². The van der Waals surface area contributed by atoms with Crippen LogP contribution < -0.4 is 10.5 Å². The standard InChI is InChI=1S/C14H19ClFNO/c1-2-11(17)5-10-6-12(15)14(13(16)7-10)18-8-9-3-4-9/h6-7,9,11H,2-5,8,17H2,1H3. The van der Waals surface area contributed by atoms with Crippen molar-refractivity contribution in [1.82, 2.24) is 0 Å². The number of hydrogen-bond donors (Lipinski definition) is 1. The molecule has 2 nitrogen and oxygen atoms in total. The van der Waals surface area contributed by atoms with Gasteiger partial charge in [0.05, 0.1) is 11.6 Å². The molecule has 2 rings (SSSR count). The Morgan fingerprint density at radius 1 is 1.50 bits per heavy atom. The van der Waals surface area contributed by atoms with Crippen LogP contribution in [-0.2, 0) is 6.42 Å². The molecule has 1 aromatic rings. The van der Waals surface area contributed by atoms with E-state index in [1.807, 2.05) is 6.92 Å². The van der Waals surface area contributed by atoms with Crippen LogP contribution in [0.5, 0.6) is 5.75 Å². The first-order valence-corrected chi connectivity index (χ1v) is 6.84. The molecule has 1 aliphatic carbocycles. The van der Waals surface area contributed by atoms with Gasteiger partial charge in [-0.2, -0.15) is 0 Å². The molecule has 0 spiro atoms. The fourth-order valence-electron chi connectivity index (χ4n) is 1.80. The highest BCUT2D eigenvalue weighted by atomic mass is 35.5. The Kier molecular flexibility index (Phi) is 4.46. The molecule has 0 heterocycles. The Bertz CT molecular complexity index is 397. The van der Waals surface area contributed by atoms with Crippen LogP contribution in [0.15, 0.2) is 12.1 Å². The Hall–Kier alpha value is -0.800. The van der Waals surface area contributed by atoms with Crippen molar-refractivity contribution in [2.75, 3.05) is 6.61 Å². The molecule has 0 saturated heterocycles. The molecule has 0 amide bonds. The van der Waals surface area contributed by atoms with Crippen LogP contribution in [-0.4, -0.2) is 12.6 Å². The largest absolute Gasteiger partial charge is 0.489 e. The Labute approximate surface area is 112 Å². The first-order chi connectivity index (χ1) is 8.60. The van der Waals surface area contributed by atoms with Crippen molar-refractivity contribution < 1.29 is 9.13 Å². The summed E-state index contributed by atoms with van der Waals surface area (Å²) in [5.74, 6) is 0.368. The number of nitrogens with two attached hydrogens (primary N) is 1. The van der Waals surface area contributed by atoms with Gasteiger partial charge in [0.25, 0.3) is 0 Å². The smallest absolute Gasteiger partial charge is 0.173 e. The van der Waals surface area contributed by atoms with Crippen LogP contribution in [0, 0.1) is 11.7 Å². The van der Waals surface area contributed by atoms with E-state index in [-0.39, 0.29) is 17.6 Å². The second-order valence-electron chi connectivity index (χ2n) is 5.02. The second kappa shape index (κ2) is 5.89. The first kappa shape index (κ1) is 13.6. The predicted octanol–water partition coefficient (Wildman–Crippen LogP) is 3.55. The third-order valence-electron chi connectivity index (χ3n) is 3.24. The zero-order valence-electron chi connectivity index (χ0n) is 10.6. The molecule has 1 aliphatic rings. The van der Waals surface area contributed by atoms with Gasteiger partial charge in [-0.3, -0.25) is 0 Å². The summed E-state index contributed by atoms with van der Waals surface area (Å²) in [6.45, 7) is 2.57. The Balaban J connectivity index is 2.06. The molecule has 0 aliphatic heterocycles. The van der Waals surface area contributed by atoms with Crippen LogP contribution in [0.3, 0.4) is 0 Å². The van der Waals surface area contributed by atoms with Crippen molar-refractivity contribution in [3.63, 3.8) is 0 Å². The Morgan fingerprint density at radius 3 is 2.78 bits per heavy atom. The van der Waals surface area contributed by atoms with Crippen LogP contribution >= 0.6 is 11.6 Å². The van der Waals surface area contributed by atoms with Gasteiger partial charge in [0.2, 0.25) is 0 Å². The highest BCUT2D eigenvalue weighted by Gasteiger charge is 2.23. The van der Waals surface area contributed by atoms with E-state index in [4.69, 9.17) is 22.1 Å². The third-order valence-corrected chi connectivity index (χ3v) is 3.52. The summed E-state index contributed by atoms with van der Waals surface area (Å²) in [6.07, 6.45) is 3.83. The molecule has 1 fully saturated rings. The zero-order chi connectivity index (χ0) is 13.1. The van der Waals surface area contributed by atoms with Crippen LogP contribution in [0.25, 0.3) is 0 Å². The minimum absolute atomic E-state index is 0.0405. The van der Waals surface area contributed by atoms with Gasteiger partial charge in [-0.25, -0.2) is 4.39 Å². The normalized spacial score (nSPS) is 16.7. The molecule has 0 aromatic heterocycles. The monoisotopic (exact) mass is 271 g/mol. The fraction of sp³-hybridized carbons (Fsp3) is 0.571. The molecular weight excluding hydrogens is 253 g/mol. The lowest BCUT2D eigenvalue weighted by molar-refractivity contribution is 0.285. The number of hydrogen-bond acceptors (Lipinski definition) is 2. The second-order valence-corrected chi connectivity index (χ2v) is 5.42. The maximum absolute atomic E-state index is 13.9. The summed E-state index contributed by atoms with van der Waals surface area (Å²) in [5.41, 5.74) is 6.68. The van der Waals surface area contributed by atoms with E-state index in [1.165, 1.54) is 18.9 Å². The van der Waals surface area contributed by atoms with Gasteiger partial charge in [0.15, 0.2) is 11.6 Å². The molecule has 2 N–H and O–H groups in total. The lowest BCUT2D eigenvalue weighted by Crippen LogP contribution is -2.21. The van der Waals surface area contributed by atoms with Gasteiger partial charge < -0.3 is 10.5 Å². The van der Waals surface area contributed by atoms with E-state index in [0.29, 0.717) is 24.0 Å². The summed E-state index contributed by atoms with van der Waals surface area (Å²) in [6, 6.07) is 3.27. The summed E-state index contributed by atoms with van der Waals surface area (Å²) in [7, 11) is 0. The van der Waals surface area contributed by atoms with Gasteiger partial charge in [-0.1, -0.05) is 18.5 Å². The van der Waals surface area contributed by atoms with Crippen molar-refractivity contribution in [1.29, 1.82) is 0 Å². The number of ether oxygens (including phenoxy) is 1. The summed E-state index contributed by atoms with van der Waals surface area (Å²) < 4.78 is 19.3. The maximum atomic E-state index is 13.9. The number of halogens is 2. The van der Waals surface area contributed by atoms with Gasteiger partial charge >= 0.3 is 0 Å². The van der Waals surface area contributed by atoms with Crippen LogP contribution in [0.2, 0.25) is 5.02 Å².